The van der Waals surface area contributed by atoms with Crippen molar-refractivity contribution in [2.24, 2.45) is 5.92 Å². The number of aromatic nitrogens is 4. The molecule has 1 saturated heterocycles. The number of benzene rings is 1. The maximum Gasteiger partial charge on any atom is 0.490 e. The Labute approximate surface area is 197 Å². The van der Waals surface area contributed by atoms with E-state index in [1.54, 1.807) is 6.20 Å². The van der Waals surface area contributed by atoms with Crippen LogP contribution in [0.1, 0.15) is 23.6 Å². The zero-order valence-corrected chi connectivity index (χ0v) is 18.5. The van der Waals surface area contributed by atoms with Crippen LogP contribution in [0.25, 0.3) is 0 Å². The number of alkyl halides is 3. The number of halogens is 3. The van der Waals surface area contributed by atoms with Crippen LogP contribution < -0.4 is 10.2 Å². The van der Waals surface area contributed by atoms with Crippen LogP contribution in [-0.2, 0) is 9.59 Å². The van der Waals surface area contributed by atoms with E-state index in [1.807, 2.05) is 42.2 Å². The Hall–Kier alpha value is -4.16. The minimum absolute atomic E-state index is 0.115. The lowest BCUT2D eigenvalue weighted by Crippen LogP contribution is -2.43. The first kappa shape index (κ1) is 25.5. The first-order valence-corrected chi connectivity index (χ1v) is 10.5. The molecule has 0 radical (unpaired) electrons. The molecule has 2 unspecified atom stereocenters. The summed E-state index contributed by atoms with van der Waals surface area (Å²) in [5.41, 5.74) is 1.95. The van der Waals surface area contributed by atoms with Crippen molar-refractivity contribution in [2.75, 3.05) is 23.3 Å². The lowest BCUT2D eigenvalue weighted by molar-refractivity contribution is -0.192. The number of aliphatic carboxylic acids is 2. The van der Waals surface area contributed by atoms with Gasteiger partial charge in [-0.15, -0.1) is 0 Å². The smallest absolute Gasteiger partial charge is 0.481 e. The van der Waals surface area contributed by atoms with Crippen molar-refractivity contribution >= 4 is 29.5 Å². The van der Waals surface area contributed by atoms with Crippen LogP contribution in [0.3, 0.4) is 0 Å². The Kier molecular flexibility index (Phi) is 7.89. The molecule has 4 rings (SSSR count). The minimum Gasteiger partial charge on any atom is -0.481 e. The van der Waals surface area contributed by atoms with Crippen LogP contribution in [-0.4, -0.2) is 61.6 Å². The monoisotopic (exact) mass is 492 g/mol. The standard InChI is InChI=1S/C20H22N6O2.C2HF3O2/c1-13-9-18(23-17-7-8-21-25-17)24-20(22-13)26-11-15(10-16(12-26)19(27)28)14-5-3-2-4-6-14;3-2(4,5)1(6)7/h2-9,15-16H,10-12H2,1H3,(H,27,28)(H2,21,22,23,24,25);(H,6,7). The summed E-state index contributed by atoms with van der Waals surface area (Å²) in [5, 5.41) is 26.7. The number of nitrogens with one attached hydrogen (secondary N) is 2. The number of carboxylic acid groups (broad SMARTS) is 2. The van der Waals surface area contributed by atoms with Crippen molar-refractivity contribution in [3.8, 4) is 0 Å². The Morgan fingerprint density at radius 2 is 1.80 bits per heavy atom. The number of hydrogen-bond acceptors (Lipinski definition) is 7. The molecule has 186 valence electrons. The molecule has 4 N–H and O–H groups in total. The molecule has 35 heavy (non-hydrogen) atoms. The van der Waals surface area contributed by atoms with Crippen molar-refractivity contribution in [3.63, 3.8) is 0 Å². The van der Waals surface area contributed by atoms with E-state index < -0.39 is 24.0 Å². The van der Waals surface area contributed by atoms with Crippen LogP contribution in [0.15, 0.2) is 48.7 Å². The van der Waals surface area contributed by atoms with Gasteiger partial charge >= 0.3 is 18.1 Å². The summed E-state index contributed by atoms with van der Waals surface area (Å²) in [6, 6.07) is 13.7. The predicted molar refractivity (Wildman–Crippen MR) is 119 cm³/mol. The van der Waals surface area contributed by atoms with Gasteiger partial charge in [0.2, 0.25) is 5.95 Å². The van der Waals surface area contributed by atoms with E-state index in [0.717, 1.165) is 17.1 Å². The van der Waals surface area contributed by atoms with Crippen LogP contribution in [0.2, 0.25) is 0 Å². The highest BCUT2D eigenvalue weighted by atomic mass is 19.4. The molecular formula is C22H23F3N6O4. The predicted octanol–water partition coefficient (Wildman–Crippen LogP) is 3.58. The molecule has 0 aliphatic carbocycles. The lowest BCUT2D eigenvalue weighted by atomic mass is 9.84. The molecule has 0 spiro atoms. The van der Waals surface area contributed by atoms with Gasteiger partial charge in [-0.1, -0.05) is 30.3 Å². The first-order valence-electron chi connectivity index (χ1n) is 10.5. The van der Waals surface area contributed by atoms with E-state index in [-0.39, 0.29) is 5.92 Å². The number of hydrogen-bond donors (Lipinski definition) is 4. The summed E-state index contributed by atoms with van der Waals surface area (Å²) in [4.78, 5) is 31.8. The van der Waals surface area contributed by atoms with Gasteiger partial charge in [-0.25, -0.2) is 9.78 Å². The Morgan fingerprint density at radius 1 is 1.11 bits per heavy atom. The number of aryl methyl sites for hydroxylation is 1. The van der Waals surface area contributed by atoms with E-state index in [9.17, 15) is 23.1 Å². The highest BCUT2D eigenvalue weighted by molar-refractivity contribution is 5.73. The molecule has 1 aliphatic heterocycles. The minimum atomic E-state index is -5.08. The van der Waals surface area contributed by atoms with Crippen molar-refractivity contribution in [2.45, 2.75) is 25.4 Å². The van der Waals surface area contributed by atoms with Crippen molar-refractivity contribution < 1.29 is 33.0 Å². The molecule has 2 aromatic heterocycles. The quantitative estimate of drug-likeness (QED) is 0.420. The van der Waals surface area contributed by atoms with Gasteiger partial charge in [-0.3, -0.25) is 9.89 Å². The second kappa shape index (κ2) is 10.8. The highest BCUT2D eigenvalue weighted by Crippen LogP contribution is 2.32. The number of piperidine rings is 1. The number of anilines is 3. The number of nitrogens with zero attached hydrogens (tertiary/aromatic N) is 4. The largest absolute Gasteiger partial charge is 0.490 e. The van der Waals surface area contributed by atoms with E-state index in [1.165, 1.54) is 0 Å². The van der Waals surface area contributed by atoms with Crippen LogP contribution in [0.4, 0.5) is 30.8 Å². The molecule has 1 aliphatic rings. The number of aromatic amines is 1. The van der Waals surface area contributed by atoms with Gasteiger partial charge in [0, 0.05) is 36.8 Å². The van der Waals surface area contributed by atoms with Gasteiger partial charge in [0.1, 0.15) is 11.6 Å². The molecule has 10 nitrogen and oxygen atoms in total. The molecule has 3 aromatic rings. The zero-order valence-electron chi connectivity index (χ0n) is 18.5. The van der Waals surface area contributed by atoms with Crippen LogP contribution >= 0.6 is 0 Å². The normalized spacial score (nSPS) is 17.8. The highest BCUT2D eigenvalue weighted by Gasteiger charge is 2.38. The Balaban J connectivity index is 0.000000429. The molecular weight excluding hydrogens is 469 g/mol. The third-order valence-electron chi connectivity index (χ3n) is 5.20. The third kappa shape index (κ3) is 7.16. The van der Waals surface area contributed by atoms with Crippen molar-refractivity contribution in [1.29, 1.82) is 0 Å². The Morgan fingerprint density at radius 3 is 2.37 bits per heavy atom. The number of carbonyl (C=O) groups is 2. The Bertz CT molecular complexity index is 1140. The average Bonchev–Trinajstić information content (AvgIpc) is 3.32. The molecule has 3 heterocycles. The van der Waals surface area contributed by atoms with E-state index >= 15 is 0 Å². The summed E-state index contributed by atoms with van der Waals surface area (Å²) in [6.45, 7) is 2.98. The van der Waals surface area contributed by atoms with Crippen molar-refractivity contribution in [3.05, 3.63) is 59.9 Å². The molecule has 13 heteroatoms. The second-order valence-corrected chi connectivity index (χ2v) is 7.88. The molecule has 0 bridgehead atoms. The molecule has 0 amide bonds. The lowest BCUT2D eigenvalue weighted by Gasteiger charge is -2.36. The fourth-order valence-corrected chi connectivity index (χ4v) is 3.63. The molecule has 1 aromatic carbocycles. The van der Waals surface area contributed by atoms with Gasteiger partial charge in [-0.2, -0.15) is 23.3 Å². The van der Waals surface area contributed by atoms with Crippen molar-refractivity contribution in [1.82, 2.24) is 20.2 Å². The maximum absolute atomic E-state index is 11.8. The topological polar surface area (TPSA) is 144 Å². The van der Waals surface area contributed by atoms with Gasteiger partial charge in [0.05, 0.1) is 12.1 Å². The molecule has 2 atom stereocenters. The fourth-order valence-electron chi connectivity index (χ4n) is 3.63. The summed E-state index contributed by atoms with van der Waals surface area (Å²) in [6.07, 6.45) is -2.81. The number of rotatable bonds is 5. The van der Waals surface area contributed by atoms with Gasteiger partial charge < -0.3 is 20.4 Å². The first-order chi connectivity index (χ1) is 16.5. The maximum atomic E-state index is 11.8. The number of H-pyrrole nitrogens is 1. The summed E-state index contributed by atoms with van der Waals surface area (Å²) in [7, 11) is 0. The van der Waals surface area contributed by atoms with Crippen LogP contribution in [0, 0.1) is 12.8 Å². The van der Waals surface area contributed by atoms with E-state index in [0.29, 0.717) is 31.3 Å². The summed E-state index contributed by atoms with van der Waals surface area (Å²) >= 11 is 0. The second-order valence-electron chi connectivity index (χ2n) is 7.88. The molecule has 1 fully saturated rings. The van der Waals surface area contributed by atoms with Crippen LogP contribution in [0.5, 0.6) is 0 Å². The zero-order chi connectivity index (χ0) is 25.6. The fraction of sp³-hybridized carbons (Fsp3) is 0.318. The third-order valence-corrected chi connectivity index (χ3v) is 5.20. The molecule has 0 saturated carbocycles. The average molecular weight is 492 g/mol. The van der Waals surface area contributed by atoms with Gasteiger partial charge in [-0.05, 0) is 18.9 Å². The van der Waals surface area contributed by atoms with E-state index in [4.69, 9.17) is 9.90 Å². The van der Waals surface area contributed by atoms with Gasteiger partial charge in [0.15, 0.2) is 0 Å². The summed E-state index contributed by atoms with van der Waals surface area (Å²) in [5.74, 6) is -1.99. The number of carboxylic acids is 2. The summed E-state index contributed by atoms with van der Waals surface area (Å²) < 4.78 is 31.7. The van der Waals surface area contributed by atoms with Gasteiger partial charge in [0.25, 0.3) is 0 Å². The van der Waals surface area contributed by atoms with E-state index in [2.05, 4.69) is 37.6 Å². The SMILES string of the molecule is Cc1cc(Nc2ccn[nH]2)nc(N2CC(C(=O)O)CC(c3ccccc3)C2)n1.O=C(O)C(F)(F)F.